The van der Waals surface area contributed by atoms with Gasteiger partial charge in [-0.25, -0.2) is 4.98 Å². The summed E-state index contributed by atoms with van der Waals surface area (Å²) in [6.07, 6.45) is 3.56. The Kier molecular flexibility index (Phi) is 3.90. The van der Waals surface area contributed by atoms with Crippen molar-refractivity contribution in [3.63, 3.8) is 0 Å². The van der Waals surface area contributed by atoms with E-state index < -0.39 is 0 Å². The molecule has 0 atom stereocenters. The molecule has 0 spiro atoms. The van der Waals surface area contributed by atoms with Crippen LogP contribution >= 0.6 is 11.6 Å². The van der Waals surface area contributed by atoms with Gasteiger partial charge < -0.3 is 14.9 Å². The van der Waals surface area contributed by atoms with E-state index in [4.69, 9.17) is 11.6 Å². The van der Waals surface area contributed by atoms with E-state index in [1.807, 2.05) is 41.3 Å². The monoisotopic (exact) mass is 378 g/mol. The van der Waals surface area contributed by atoms with Gasteiger partial charge in [-0.3, -0.25) is 4.79 Å². The van der Waals surface area contributed by atoms with Crippen LogP contribution in [0.5, 0.6) is 0 Å². The zero-order chi connectivity index (χ0) is 18.4. The maximum Gasteiger partial charge on any atom is 0.253 e. The molecule has 2 aromatic heterocycles. The molecular weight excluding hydrogens is 360 g/mol. The highest BCUT2D eigenvalue weighted by molar-refractivity contribution is 6.31. The number of aromatic nitrogens is 3. The number of imidazole rings is 1. The van der Waals surface area contributed by atoms with Gasteiger partial charge in [-0.15, -0.1) is 0 Å². The Hall–Kier alpha value is -2.79. The van der Waals surface area contributed by atoms with Gasteiger partial charge in [-0.05, 0) is 55.3 Å². The van der Waals surface area contributed by atoms with Gasteiger partial charge in [0.05, 0.1) is 17.4 Å². The number of fused-ring (bicyclic) bond motifs is 2. The van der Waals surface area contributed by atoms with Crippen LogP contribution in [0.25, 0.3) is 21.9 Å². The molecule has 5 nitrogen and oxygen atoms in total. The van der Waals surface area contributed by atoms with Gasteiger partial charge in [0.1, 0.15) is 0 Å². The minimum atomic E-state index is 0.0911. The molecule has 0 aliphatic carbocycles. The number of benzene rings is 2. The maximum atomic E-state index is 12.9. The van der Waals surface area contributed by atoms with Crippen molar-refractivity contribution < 1.29 is 4.79 Å². The number of amides is 1. The molecule has 2 aromatic carbocycles. The van der Waals surface area contributed by atoms with Crippen LogP contribution in [-0.2, 0) is 0 Å². The van der Waals surface area contributed by atoms with E-state index in [0.717, 1.165) is 52.9 Å². The number of nitrogens with one attached hydrogen (secondary N) is 2. The molecule has 0 saturated carbocycles. The van der Waals surface area contributed by atoms with Crippen LogP contribution in [0.3, 0.4) is 0 Å². The Morgan fingerprint density at radius 1 is 1.07 bits per heavy atom. The van der Waals surface area contributed by atoms with Crippen molar-refractivity contribution in [2.45, 2.75) is 18.8 Å². The molecule has 1 saturated heterocycles. The Bertz CT molecular complexity index is 1140. The van der Waals surface area contributed by atoms with Crippen LogP contribution in [0.1, 0.15) is 34.8 Å². The summed E-state index contributed by atoms with van der Waals surface area (Å²) in [5.74, 6) is 0.531. The average molecular weight is 379 g/mol. The first-order valence-electron chi connectivity index (χ1n) is 9.18. The van der Waals surface area contributed by atoms with Crippen molar-refractivity contribution in [2.24, 2.45) is 0 Å². The van der Waals surface area contributed by atoms with Gasteiger partial charge in [0.15, 0.2) is 0 Å². The van der Waals surface area contributed by atoms with Crippen molar-refractivity contribution in [1.29, 1.82) is 0 Å². The van der Waals surface area contributed by atoms with Crippen LogP contribution in [0.15, 0.2) is 48.8 Å². The lowest BCUT2D eigenvalue weighted by molar-refractivity contribution is 0.0712. The standard InChI is InChI=1S/C21H19ClN4O/c22-16-2-4-17-15(9-16)11-19(25-17)13-5-7-26(8-6-13)21(27)14-1-3-18-20(10-14)24-12-23-18/h1-4,9-13,25H,5-8H2,(H,23,24). The molecule has 1 amide bonds. The first-order chi connectivity index (χ1) is 13.2. The number of hydrogen-bond donors (Lipinski definition) is 2. The predicted octanol–water partition coefficient (Wildman–Crippen LogP) is 4.72. The first kappa shape index (κ1) is 16.4. The van der Waals surface area contributed by atoms with Crippen LogP contribution in [0.4, 0.5) is 0 Å². The molecule has 1 fully saturated rings. The Morgan fingerprint density at radius 3 is 2.78 bits per heavy atom. The van der Waals surface area contributed by atoms with E-state index in [0.29, 0.717) is 11.5 Å². The summed E-state index contributed by atoms with van der Waals surface area (Å²) in [5, 5.41) is 1.89. The van der Waals surface area contributed by atoms with Gasteiger partial charge in [0, 0.05) is 46.2 Å². The van der Waals surface area contributed by atoms with Crippen molar-refractivity contribution in [3.05, 3.63) is 65.1 Å². The highest BCUT2D eigenvalue weighted by atomic mass is 35.5. The Balaban J connectivity index is 1.30. The van der Waals surface area contributed by atoms with Crippen molar-refractivity contribution >= 4 is 39.4 Å². The molecule has 136 valence electrons. The summed E-state index contributed by atoms with van der Waals surface area (Å²) in [5.41, 5.74) is 4.83. The molecule has 27 heavy (non-hydrogen) atoms. The number of nitrogens with zero attached hydrogens (tertiary/aromatic N) is 2. The number of likely N-dealkylation sites (tertiary alicyclic amines) is 1. The molecule has 0 bridgehead atoms. The fraction of sp³-hybridized carbons (Fsp3) is 0.238. The van der Waals surface area contributed by atoms with E-state index in [1.165, 1.54) is 5.69 Å². The van der Waals surface area contributed by atoms with Crippen molar-refractivity contribution in [1.82, 2.24) is 19.9 Å². The molecule has 1 aliphatic heterocycles. The second-order valence-electron chi connectivity index (χ2n) is 7.16. The van der Waals surface area contributed by atoms with Gasteiger partial charge in [0.2, 0.25) is 0 Å². The lowest BCUT2D eigenvalue weighted by atomic mass is 9.93. The highest BCUT2D eigenvalue weighted by Gasteiger charge is 2.25. The number of piperidine rings is 1. The molecule has 3 heterocycles. The summed E-state index contributed by atoms with van der Waals surface area (Å²) in [6.45, 7) is 1.53. The Labute approximate surface area is 161 Å². The minimum Gasteiger partial charge on any atom is -0.358 e. The highest BCUT2D eigenvalue weighted by Crippen LogP contribution is 2.31. The van der Waals surface area contributed by atoms with Gasteiger partial charge in [-0.1, -0.05) is 11.6 Å². The maximum absolute atomic E-state index is 12.9. The second-order valence-corrected chi connectivity index (χ2v) is 7.59. The normalized spacial score (nSPS) is 15.7. The zero-order valence-electron chi connectivity index (χ0n) is 14.7. The third-order valence-electron chi connectivity index (χ3n) is 5.49. The molecule has 5 rings (SSSR count). The summed E-state index contributed by atoms with van der Waals surface area (Å²) < 4.78 is 0. The molecular formula is C21H19ClN4O. The van der Waals surface area contributed by atoms with E-state index in [2.05, 4.69) is 21.0 Å². The van der Waals surface area contributed by atoms with E-state index in [-0.39, 0.29) is 5.91 Å². The fourth-order valence-corrected chi connectivity index (χ4v) is 4.17. The fourth-order valence-electron chi connectivity index (χ4n) is 3.99. The van der Waals surface area contributed by atoms with Gasteiger partial charge >= 0.3 is 0 Å². The summed E-state index contributed by atoms with van der Waals surface area (Å²) in [6, 6.07) is 13.7. The summed E-state index contributed by atoms with van der Waals surface area (Å²) in [7, 11) is 0. The van der Waals surface area contributed by atoms with E-state index in [9.17, 15) is 4.79 Å². The van der Waals surface area contributed by atoms with Gasteiger partial charge in [-0.2, -0.15) is 0 Å². The minimum absolute atomic E-state index is 0.0911. The molecule has 4 aromatic rings. The number of carbonyl (C=O) groups is 1. The third kappa shape index (κ3) is 2.98. The van der Waals surface area contributed by atoms with Crippen LogP contribution in [-0.4, -0.2) is 38.8 Å². The second kappa shape index (κ2) is 6.43. The number of halogens is 1. The quantitative estimate of drug-likeness (QED) is 0.530. The summed E-state index contributed by atoms with van der Waals surface area (Å²) in [4.78, 5) is 25.6. The molecule has 0 unspecified atom stereocenters. The number of H-pyrrole nitrogens is 2. The lowest BCUT2D eigenvalue weighted by Gasteiger charge is -2.31. The molecule has 0 radical (unpaired) electrons. The van der Waals surface area contributed by atoms with E-state index >= 15 is 0 Å². The first-order valence-corrected chi connectivity index (χ1v) is 9.56. The lowest BCUT2D eigenvalue weighted by Crippen LogP contribution is -2.38. The zero-order valence-corrected chi connectivity index (χ0v) is 15.5. The van der Waals surface area contributed by atoms with Crippen molar-refractivity contribution in [2.75, 3.05) is 13.1 Å². The number of aromatic amines is 2. The number of carbonyl (C=O) groups excluding carboxylic acids is 1. The smallest absolute Gasteiger partial charge is 0.253 e. The largest absolute Gasteiger partial charge is 0.358 e. The van der Waals surface area contributed by atoms with Crippen LogP contribution in [0.2, 0.25) is 5.02 Å². The molecule has 2 N–H and O–H groups in total. The topological polar surface area (TPSA) is 64.8 Å². The third-order valence-corrected chi connectivity index (χ3v) is 5.73. The van der Waals surface area contributed by atoms with Crippen LogP contribution < -0.4 is 0 Å². The van der Waals surface area contributed by atoms with Gasteiger partial charge in [0.25, 0.3) is 5.91 Å². The summed E-state index contributed by atoms with van der Waals surface area (Å²) >= 11 is 6.09. The van der Waals surface area contributed by atoms with E-state index in [1.54, 1.807) is 6.33 Å². The molecule has 1 aliphatic rings. The SMILES string of the molecule is O=C(c1ccc2nc[nH]c2c1)N1CCC(c2cc3cc(Cl)ccc3[nH]2)CC1. The Morgan fingerprint density at radius 2 is 1.93 bits per heavy atom. The molecule has 6 heteroatoms. The number of hydrogen-bond acceptors (Lipinski definition) is 2. The predicted molar refractivity (Wildman–Crippen MR) is 107 cm³/mol. The van der Waals surface area contributed by atoms with Crippen molar-refractivity contribution in [3.8, 4) is 0 Å². The van der Waals surface area contributed by atoms with Crippen LogP contribution in [0, 0.1) is 0 Å². The average Bonchev–Trinajstić information content (AvgIpc) is 3.33. The number of rotatable bonds is 2.